The number of rotatable bonds is 0. The molecule has 1 atom stereocenters. The van der Waals surface area contributed by atoms with E-state index in [0.717, 1.165) is 44.9 Å². The van der Waals surface area contributed by atoms with E-state index in [1.807, 2.05) is 26.2 Å². The Morgan fingerprint density at radius 3 is 2.23 bits per heavy atom. The van der Waals surface area contributed by atoms with Crippen molar-refractivity contribution in [3.63, 3.8) is 0 Å². The average molecular weight is 348 g/mol. The van der Waals surface area contributed by atoms with Gasteiger partial charge in [0.15, 0.2) is 0 Å². The van der Waals surface area contributed by atoms with Crippen LogP contribution in [0.25, 0.3) is 11.1 Å². The molecule has 0 saturated carbocycles. The first-order chi connectivity index (χ1) is 12.5. The maximum atomic E-state index is 14.1. The van der Waals surface area contributed by atoms with Crippen LogP contribution in [0.5, 0.6) is 0 Å². The van der Waals surface area contributed by atoms with Gasteiger partial charge in [-0.15, -0.1) is 0 Å². The predicted molar refractivity (Wildman–Crippen MR) is 101 cm³/mol. The van der Waals surface area contributed by atoms with Crippen molar-refractivity contribution in [1.82, 2.24) is 0 Å². The maximum Gasteiger partial charge on any atom is 0.123 e. The highest BCUT2D eigenvalue weighted by molar-refractivity contribution is 5.93. The molecule has 5 rings (SSSR count). The number of anilines is 3. The van der Waals surface area contributed by atoms with Crippen molar-refractivity contribution in [1.29, 1.82) is 0 Å². The van der Waals surface area contributed by atoms with Crippen LogP contribution in [0.1, 0.15) is 22.7 Å². The van der Waals surface area contributed by atoms with Gasteiger partial charge in [0.05, 0.1) is 6.04 Å². The molecule has 130 valence electrons. The maximum absolute atomic E-state index is 14.1. The molecule has 26 heavy (non-hydrogen) atoms. The first-order valence-electron chi connectivity index (χ1n) is 8.66. The summed E-state index contributed by atoms with van der Waals surface area (Å²) in [6.07, 6.45) is 0. The Labute approximate surface area is 151 Å². The molecule has 3 aromatic carbocycles. The Kier molecular flexibility index (Phi) is 3.00. The molecule has 0 N–H and O–H groups in total. The first kappa shape index (κ1) is 15.4. The fourth-order valence-electron chi connectivity index (χ4n) is 4.47. The molecule has 2 nitrogen and oxygen atoms in total. The molecule has 0 radical (unpaired) electrons. The summed E-state index contributed by atoms with van der Waals surface area (Å²) in [5.74, 6) is -0.492. The van der Waals surface area contributed by atoms with E-state index in [0.29, 0.717) is 0 Å². The Morgan fingerprint density at radius 1 is 0.769 bits per heavy atom. The zero-order valence-electron chi connectivity index (χ0n) is 14.8. The molecule has 0 aliphatic carbocycles. The smallest absolute Gasteiger partial charge is 0.123 e. The second-order valence-electron chi connectivity index (χ2n) is 7.18. The van der Waals surface area contributed by atoms with Gasteiger partial charge >= 0.3 is 0 Å². The van der Waals surface area contributed by atoms with Crippen LogP contribution in [0.2, 0.25) is 0 Å². The van der Waals surface area contributed by atoms with Crippen LogP contribution in [-0.4, -0.2) is 14.1 Å². The zero-order valence-corrected chi connectivity index (χ0v) is 14.8. The van der Waals surface area contributed by atoms with Gasteiger partial charge in [0.2, 0.25) is 0 Å². The van der Waals surface area contributed by atoms with Crippen molar-refractivity contribution in [3.8, 4) is 11.1 Å². The summed E-state index contributed by atoms with van der Waals surface area (Å²) in [5.41, 5.74) is 8.12. The Balaban J connectivity index is 1.91. The minimum Gasteiger partial charge on any atom is -0.363 e. The van der Waals surface area contributed by atoms with E-state index in [9.17, 15) is 8.78 Å². The monoisotopic (exact) mass is 348 g/mol. The molecule has 0 fully saturated rings. The summed E-state index contributed by atoms with van der Waals surface area (Å²) in [7, 11) is 4.00. The summed E-state index contributed by atoms with van der Waals surface area (Å²) in [6, 6.07) is 14.0. The van der Waals surface area contributed by atoms with Crippen LogP contribution in [0.15, 0.2) is 48.5 Å². The summed E-state index contributed by atoms with van der Waals surface area (Å²) < 4.78 is 28.1. The molecule has 0 spiro atoms. The van der Waals surface area contributed by atoms with E-state index in [1.54, 1.807) is 12.1 Å². The summed E-state index contributed by atoms with van der Waals surface area (Å²) in [6.45, 7) is 2.05. The minimum absolute atomic E-state index is 0.0968. The number of benzene rings is 3. The number of hydrogen-bond acceptors (Lipinski definition) is 2. The molecule has 4 heteroatoms. The number of aryl methyl sites for hydroxylation is 1. The average Bonchev–Trinajstić information content (AvgIpc) is 2.61. The zero-order chi connectivity index (χ0) is 18.2. The number of halogens is 2. The SMILES string of the molecule is Cc1cc2c3c(c1)N(C)c1ccc(F)cc1C3N(C)c1ccc(F)cc1-2. The molecule has 3 aromatic rings. The van der Waals surface area contributed by atoms with E-state index in [1.165, 1.54) is 12.1 Å². The van der Waals surface area contributed by atoms with Crippen molar-refractivity contribution in [2.24, 2.45) is 0 Å². The van der Waals surface area contributed by atoms with Crippen LogP contribution >= 0.6 is 0 Å². The molecular formula is C22H18F2N2. The lowest BCUT2D eigenvalue weighted by Crippen LogP contribution is -2.35. The third-order valence-corrected chi connectivity index (χ3v) is 5.60. The lowest BCUT2D eigenvalue weighted by atomic mass is 9.80. The van der Waals surface area contributed by atoms with Gasteiger partial charge in [0.1, 0.15) is 11.6 Å². The lowest BCUT2D eigenvalue weighted by Gasteiger charge is -2.45. The Morgan fingerprint density at radius 2 is 1.46 bits per heavy atom. The summed E-state index contributed by atoms with van der Waals surface area (Å²) in [5, 5.41) is 0. The Bertz CT molecular complexity index is 1070. The van der Waals surface area contributed by atoms with Crippen molar-refractivity contribution in [3.05, 3.63) is 76.9 Å². The van der Waals surface area contributed by atoms with Crippen molar-refractivity contribution in [2.75, 3.05) is 23.9 Å². The minimum atomic E-state index is -0.249. The largest absolute Gasteiger partial charge is 0.363 e. The summed E-state index contributed by atoms with van der Waals surface area (Å²) >= 11 is 0. The summed E-state index contributed by atoms with van der Waals surface area (Å²) in [4.78, 5) is 4.23. The number of hydrogen-bond donors (Lipinski definition) is 0. The fourth-order valence-corrected chi connectivity index (χ4v) is 4.47. The third-order valence-electron chi connectivity index (χ3n) is 5.60. The van der Waals surface area contributed by atoms with Crippen LogP contribution in [-0.2, 0) is 0 Å². The normalized spacial score (nSPS) is 16.9. The molecule has 2 aliphatic heterocycles. The molecule has 2 heterocycles. The van der Waals surface area contributed by atoms with Gasteiger partial charge in [-0.3, -0.25) is 0 Å². The van der Waals surface area contributed by atoms with Crippen molar-refractivity contribution < 1.29 is 8.78 Å². The van der Waals surface area contributed by atoms with Gasteiger partial charge in [-0.25, -0.2) is 8.78 Å². The van der Waals surface area contributed by atoms with E-state index < -0.39 is 0 Å². The fraction of sp³-hybridized carbons (Fsp3) is 0.182. The van der Waals surface area contributed by atoms with Gasteiger partial charge in [0.25, 0.3) is 0 Å². The van der Waals surface area contributed by atoms with E-state index in [4.69, 9.17) is 0 Å². The van der Waals surface area contributed by atoms with Gasteiger partial charge in [-0.2, -0.15) is 0 Å². The van der Waals surface area contributed by atoms with Crippen LogP contribution in [0.4, 0.5) is 25.8 Å². The third kappa shape index (κ3) is 1.90. The van der Waals surface area contributed by atoms with Gasteiger partial charge in [-0.05, 0) is 60.5 Å². The lowest BCUT2D eigenvalue weighted by molar-refractivity contribution is 0.620. The second-order valence-corrected chi connectivity index (χ2v) is 7.18. The van der Waals surface area contributed by atoms with E-state index in [-0.39, 0.29) is 17.7 Å². The highest BCUT2D eigenvalue weighted by atomic mass is 19.1. The highest BCUT2D eigenvalue weighted by Crippen LogP contribution is 2.55. The molecule has 1 unspecified atom stereocenters. The predicted octanol–water partition coefficient (Wildman–Crippen LogP) is 5.56. The van der Waals surface area contributed by atoms with Gasteiger partial charge in [-0.1, -0.05) is 6.07 Å². The van der Waals surface area contributed by atoms with Crippen molar-refractivity contribution >= 4 is 17.1 Å². The van der Waals surface area contributed by atoms with Crippen LogP contribution < -0.4 is 9.80 Å². The molecular weight excluding hydrogens is 330 g/mol. The second kappa shape index (κ2) is 5.07. The van der Waals surface area contributed by atoms with Crippen LogP contribution in [0.3, 0.4) is 0 Å². The highest BCUT2D eigenvalue weighted by Gasteiger charge is 2.38. The molecule has 0 bridgehead atoms. The van der Waals surface area contributed by atoms with Gasteiger partial charge in [0, 0.05) is 47.8 Å². The molecule has 2 aliphatic rings. The topological polar surface area (TPSA) is 6.48 Å². The van der Waals surface area contributed by atoms with E-state index >= 15 is 0 Å². The van der Waals surface area contributed by atoms with Crippen molar-refractivity contribution in [2.45, 2.75) is 13.0 Å². The molecule has 0 aromatic heterocycles. The standard InChI is InChI=1S/C22H18F2N2/c1-12-8-16-15-10-13(23)4-6-18(15)26(3)22-17-11-14(24)5-7-19(17)25(2)20(9-12)21(16)22/h4-11,22H,1-3H3. The van der Waals surface area contributed by atoms with Gasteiger partial charge < -0.3 is 9.80 Å². The number of fused-ring (bicyclic) bond motifs is 4. The molecule has 0 saturated heterocycles. The molecule has 0 amide bonds. The Hall–Kier alpha value is -2.88. The quantitative estimate of drug-likeness (QED) is 0.525. The number of nitrogens with zero attached hydrogens (tertiary/aromatic N) is 2. The van der Waals surface area contributed by atoms with E-state index in [2.05, 4.69) is 28.9 Å². The first-order valence-corrected chi connectivity index (χ1v) is 8.66. The van der Waals surface area contributed by atoms with Crippen LogP contribution in [0, 0.1) is 18.6 Å².